The second-order valence-corrected chi connectivity index (χ2v) is 5.77. The van der Waals surface area contributed by atoms with Crippen LogP contribution in [0.25, 0.3) is 0 Å². The number of hydrogen-bond donors (Lipinski definition) is 0. The molecule has 0 fully saturated rings. The van der Waals surface area contributed by atoms with Crippen molar-refractivity contribution in [3.8, 4) is 11.5 Å². The first-order valence-corrected chi connectivity index (χ1v) is 7.84. The maximum atomic E-state index is 12.4. The lowest BCUT2D eigenvalue weighted by Gasteiger charge is -2.12. The van der Waals surface area contributed by atoms with Gasteiger partial charge in [-0.25, -0.2) is 4.79 Å². The molecule has 0 aliphatic heterocycles. The van der Waals surface area contributed by atoms with Crippen LogP contribution in [0, 0.1) is 10.1 Å². The molecule has 0 unspecified atom stereocenters. The van der Waals surface area contributed by atoms with Gasteiger partial charge in [0.2, 0.25) is 0 Å². The van der Waals surface area contributed by atoms with Gasteiger partial charge in [0.05, 0.1) is 18.1 Å². The molecular formula is C16H12BrF2NO6. The lowest BCUT2D eigenvalue weighted by Crippen LogP contribution is -2.10. The quantitative estimate of drug-likeness (QED) is 0.368. The van der Waals surface area contributed by atoms with E-state index in [-0.39, 0.29) is 12.4 Å². The van der Waals surface area contributed by atoms with Gasteiger partial charge in [0, 0.05) is 10.5 Å². The van der Waals surface area contributed by atoms with E-state index < -0.39 is 34.5 Å². The summed E-state index contributed by atoms with van der Waals surface area (Å²) >= 11 is 3.27. The van der Waals surface area contributed by atoms with Gasteiger partial charge in [-0.05, 0) is 17.7 Å². The molecule has 0 atom stereocenters. The molecule has 0 aliphatic rings. The Bertz CT molecular complexity index is 813. The zero-order valence-electron chi connectivity index (χ0n) is 13.3. The number of esters is 1. The van der Waals surface area contributed by atoms with Gasteiger partial charge in [0.25, 0.3) is 5.69 Å². The van der Waals surface area contributed by atoms with Crippen molar-refractivity contribution in [2.45, 2.75) is 13.2 Å². The summed E-state index contributed by atoms with van der Waals surface area (Å²) < 4.78 is 39.8. The first kappa shape index (κ1) is 19.6. The molecule has 0 heterocycles. The Kier molecular flexibility index (Phi) is 6.45. The largest absolute Gasteiger partial charge is 0.493 e. The number of halogens is 3. The zero-order valence-corrected chi connectivity index (χ0v) is 14.9. The van der Waals surface area contributed by atoms with E-state index in [1.807, 2.05) is 0 Å². The van der Waals surface area contributed by atoms with Crippen molar-refractivity contribution >= 4 is 27.6 Å². The fraction of sp³-hybridized carbons (Fsp3) is 0.188. The summed E-state index contributed by atoms with van der Waals surface area (Å²) in [6.45, 7) is -3.33. The summed E-state index contributed by atoms with van der Waals surface area (Å²) in [6.07, 6.45) is 0. The van der Waals surface area contributed by atoms with Crippen molar-refractivity contribution in [1.82, 2.24) is 0 Å². The lowest BCUT2D eigenvalue weighted by atomic mass is 10.1. The summed E-state index contributed by atoms with van der Waals surface area (Å²) in [7, 11) is 1.15. The van der Waals surface area contributed by atoms with Crippen LogP contribution in [0.5, 0.6) is 11.5 Å². The van der Waals surface area contributed by atoms with Crippen molar-refractivity contribution in [3.63, 3.8) is 0 Å². The van der Waals surface area contributed by atoms with Gasteiger partial charge in [-0.15, -0.1) is 0 Å². The third-order valence-corrected chi connectivity index (χ3v) is 3.73. The molecule has 0 N–H and O–H groups in total. The predicted molar refractivity (Wildman–Crippen MR) is 89.5 cm³/mol. The van der Waals surface area contributed by atoms with Crippen LogP contribution in [0.3, 0.4) is 0 Å². The minimum atomic E-state index is -3.21. The van der Waals surface area contributed by atoms with E-state index in [9.17, 15) is 23.7 Å². The van der Waals surface area contributed by atoms with Crippen LogP contribution in [0.15, 0.2) is 40.9 Å². The SMILES string of the molecule is COc1cc(C(=O)OCc2ccc(Br)cc2)c([N+](=O)[O-])cc1OC(F)F. The second-order valence-electron chi connectivity index (χ2n) is 4.86. The fourth-order valence-electron chi connectivity index (χ4n) is 2.02. The van der Waals surface area contributed by atoms with Crippen molar-refractivity contribution in [3.05, 3.63) is 62.1 Å². The van der Waals surface area contributed by atoms with E-state index in [0.29, 0.717) is 11.6 Å². The molecule has 0 aromatic heterocycles. The molecule has 0 bridgehead atoms. The van der Waals surface area contributed by atoms with Crippen LogP contribution in [-0.4, -0.2) is 24.6 Å². The van der Waals surface area contributed by atoms with Crippen LogP contribution in [0.2, 0.25) is 0 Å². The van der Waals surface area contributed by atoms with E-state index in [1.54, 1.807) is 24.3 Å². The van der Waals surface area contributed by atoms with Gasteiger partial charge in [-0.2, -0.15) is 8.78 Å². The van der Waals surface area contributed by atoms with Gasteiger partial charge in [0.1, 0.15) is 12.2 Å². The normalized spacial score (nSPS) is 10.5. The number of nitro groups is 1. The molecule has 2 rings (SSSR count). The van der Waals surface area contributed by atoms with Gasteiger partial charge < -0.3 is 14.2 Å². The van der Waals surface area contributed by atoms with E-state index >= 15 is 0 Å². The minimum absolute atomic E-state index is 0.124. The molecule has 0 aliphatic carbocycles. The molecule has 2 aromatic rings. The van der Waals surface area contributed by atoms with Crippen molar-refractivity contribution < 1.29 is 32.7 Å². The molecule has 0 radical (unpaired) electrons. The Morgan fingerprint density at radius 1 is 1.23 bits per heavy atom. The standard InChI is InChI=1S/C16H12BrF2NO6/c1-24-13-6-11(12(20(22)23)7-14(13)26-16(18)19)15(21)25-8-9-2-4-10(17)5-3-9/h2-7,16H,8H2,1H3. The average molecular weight is 432 g/mol. The average Bonchev–Trinajstić information content (AvgIpc) is 2.60. The molecule has 0 saturated carbocycles. The number of nitrogens with zero attached hydrogens (tertiary/aromatic N) is 1. The molecular weight excluding hydrogens is 420 g/mol. The Labute approximate surface area is 154 Å². The molecule has 0 spiro atoms. The van der Waals surface area contributed by atoms with Crippen molar-refractivity contribution in [2.75, 3.05) is 7.11 Å². The highest BCUT2D eigenvalue weighted by atomic mass is 79.9. The highest BCUT2D eigenvalue weighted by Gasteiger charge is 2.27. The molecule has 2 aromatic carbocycles. The summed E-state index contributed by atoms with van der Waals surface area (Å²) in [4.78, 5) is 22.5. The highest BCUT2D eigenvalue weighted by molar-refractivity contribution is 9.10. The van der Waals surface area contributed by atoms with E-state index in [4.69, 9.17) is 9.47 Å². The first-order chi connectivity index (χ1) is 12.3. The number of methoxy groups -OCH3 is 1. The zero-order chi connectivity index (χ0) is 19.3. The van der Waals surface area contributed by atoms with E-state index in [2.05, 4.69) is 20.7 Å². The van der Waals surface area contributed by atoms with Gasteiger partial charge in [-0.1, -0.05) is 28.1 Å². The number of benzene rings is 2. The number of alkyl halides is 2. The molecule has 138 valence electrons. The number of carbonyl (C=O) groups is 1. The lowest BCUT2D eigenvalue weighted by molar-refractivity contribution is -0.385. The Hall–Kier alpha value is -2.75. The topological polar surface area (TPSA) is 87.9 Å². The first-order valence-electron chi connectivity index (χ1n) is 7.04. The Morgan fingerprint density at radius 3 is 2.42 bits per heavy atom. The molecule has 7 nitrogen and oxygen atoms in total. The fourth-order valence-corrected chi connectivity index (χ4v) is 2.28. The maximum absolute atomic E-state index is 12.4. The summed E-state index contributed by atoms with van der Waals surface area (Å²) in [6, 6.07) is 8.51. The molecule has 0 saturated heterocycles. The number of nitro benzene ring substituents is 1. The van der Waals surface area contributed by atoms with Crippen molar-refractivity contribution in [1.29, 1.82) is 0 Å². The third-order valence-electron chi connectivity index (χ3n) is 3.20. The van der Waals surface area contributed by atoms with Crippen LogP contribution >= 0.6 is 15.9 Å². The maximum Gasteiger partial charge on any atom is 0.387 e. The number of carbonyl (C=O) groups excluding carboxylic acids is 1. The summed E-state index contributed by atoms with van der Waals surface area (Å²) in [5, 5.41) is 11.2. The van der Waals surface area contributed by atoms with Gasteiger partial charge in [-0.3, -0.25) is 10.1 Å². The third kappa shape index (κ3) is 4.88. The number of rotatable bonds is 7. The van der Waals surface area contributed by atoms with Crippen LogP contribution in [0.4, 0.5) is 14.5 Å². The number of hydrogen-bond acceptors (Lipinski definition) is 6. The monoisotopic (exact) mass is 431 g/mol. The van der Waals surface area contributed by atoms with Crippen LogP contribution < -0.4 is 9.47 Å². The van der Waals surface area contributed by atoms with Crippen LogP contribution in [-0.2, 0) is 11.3 Å². The molecule has 0 amide bonds. The smallest absolute Gasteiger partial charge is 0.387 e. The van der Waals surface area contributed by atoms with E-state index in [1.165, 1.54) is 0 Å². The molecule has 10 heteroatoms. The van der Waals surface area contributed by atoms with Crippen molar-refractivity contribution in [2.24, 2.45) is 0 Å². The molecule has 26 heavy (non-hydrogen) atoms. The Morgan fingerprint density at radius 2 is 1.88 bits per heavy atom. The minimum Gasteiger partial charge on any atom is -0.493 e. The second kappa shape index (κ2) is 8.56. The van der Waals surface area contributed by atoms with Gasteiger partial charge >= 0.3 is 12.6 Å². The van der Waals surface area contributed by atoms with Crippen LogP contribution in [0.1, 0.15) is 15.9 Å². The summed E-state index contributed by atoms with van der Waals surface area (Å²) in [5.41, 5.74) is -0.512. The van der Waals surface area contributed by atoms with E-state index in [0.717, 1.165) is 17.6 Å². The Balaban J connectivity index is 2.29. The van der Waals surface area contributed by atoms with Gasteiger partial charge in [0.15, 0.2) is 11.5 Å². The summed E-state index contributed by atoms with van der Waals surface area (Å²) in [5.74, 6) is -1.81. The highest BCUT2D eigenvalue weighted by Crippen LogP contribution is 2.36. The predicted octanol–water partition coefficient (Wildman–Crippen LogP) is 4.32. The number of ether oxygens (including phenoxy) is 3.